The van der Waals surface area contributed by atoms with E-state index in [4.69, 9.17) is 32.4 Å². The van der Waals surface area contributed by atoms with Crippen molar-refractivity contribution in [1.29, 1.82) is 0 Å². The summed E-state index contributed by atoms with van der Waals surface area (Å²) in [4.78, 5) is 59.0. The molecule has 1 N–H and O–H groups in total. The van der Waals surface area contributed by atoms with Gasteiger partial charge in [0, 0.05) is 11.5 Å². The fraction of sp³-hybridized carbons (Fsp3) is 0.270. The molecular formula is C37H28BrCl2N3O7. The number of anilines is 1. The number of amides is 4. The van der Waals surface area contributed by atoms with Gasteiger partial charge < -0.3 is 14.3 Å². The van der Waals surface area contributed by atoms with Gasteiger partial charge in [0.15, 0.2) is 26.8 Å². The number of phenolic OH excluding ortho intramolecular Hbond substituents is 1. The Morgan fingerprint density at radius 3 is 2.50 bits per heavy atom. The van der Waals surface area contributed by atoms with Crippen LogP contribution in [0.4, 0.5) is 5.69 Å². The van der Waals surface area contributed by atoms with Crippen molar-refractivity contribution < 1.29 is 33.4 Å². The average molecular weight is 777 g/mol. The number of fused-ring (bicyclic) bond motifs is 5. The highest BCUT2D eigenvalue weighted by molar-refractivity contribution is 9.09. The summed E-state index contributed by atoms with van der Waals surface area (Å²) in [5.74, 6) is -4.55. The zero-order valence-corrected chi connectivity index (χ0v) is 29.5. The van der Waals surface area contributed by atoms with Crippen molar-refractivity contribution in [3.8, 4) is 23.0 Å². The summed E-state index contributed by atoms with van der Waals surface area (Å²) in [6, 6.07) is 19.0. The quantitative estimate of drug-likeness (QED) is 0.0996. The highest BCUT2D eigenvalue weighted by Crippen LogP contribution is 2.63. The molecule has 2 aliphatic heterocycles. The molecule has 1 aromatic heterocycles. The van der Waals surface area contributed by atoms with E-state index in [1.807, 2.05) is 30.3 Å². The first-order chi connectivity index (χ1) is 24.0. The van der Waals surface area contributed by atoms with Gasteiger partial charge in [-0.1, -0.05) is 57.9 Å². The van der Waals surface area contributed by atoms with Gasteiger partial charge in [0.25, 0.3) is 11.8 Å². The van der Waals surface area contributed by atoms with Gasteiger partial charge in [-0.05, 0) is 72.9 Å². The van der Waals surface area contributed by atoms with E-state index < -0.39 is 51.1 Å². The zero-order valence-electron chi connectivity index (χ0n) is 26.4. The second-order valence-electron chi connectivity index (χ2n) is 12.9. The van der Waals surface area contributed by atoms with Crippen molar-refractivity contribution in [3.63, 3.8) is 0 Å². The molecule has 6 atom stereocenters. The number of phenols is 1. The van der Waals surface area contributed by atoms with Crippen LogP contribution >= 0.6 is 39.1 Å². The number of ether oxygens (including phenoxy) is 1. The Hall–Kier alpha value is -4.45. The topological polar surface area (TPSA) is 130 Å². The monoisotopic (exact) mass is 775 g/mol. The summed E-state index contributed by atoms with van der Waals surface area (Å²) in [6.07, 6.45) is 5.42. The molecule has 0 radical (unpaired) electrons. The van der Waals surface area contributed by atoms with Gasteiger partial charge in [-0.2, -0.15) is 0 Å². The SMILES string of the molecule is COc1cc(C=C[C@H]2C3=CC[C@@H]4C(=O)N(c5ccc(-c6nc7ccccc7o6)cc5)C(=O)[C@@H]4[C@@H]3C[C@@]3(Cl)C(=O)N(CBr)C(=O)[C@@]23Cl)ccc1O. The number of aromatic nitrogens is 1. The molecule has 4 amide bonds. The summed E-state index contributed by atoms with van der Waals surface area (Å²) < 4.78 is 11.1. The Kier molecular flexibility index (Phi) is 7.74. The maximum absolute atomic E-state index is 14.4. The number of carbonyl (C=O) groups excluding carboxylic acids is 4. The average Bonchev–Trinajstić information content (AvgIpc) is 3.71. The number of para-hydroxylation sites is 2. The van der Waals surface area contributed by atoms with Crippen LogP contribution in [-0.4, -0.2) is 60.9 Å². The van der Waals surface area contributed by atoms with Crippen LogP contribution in [0.25, 0.3) is 28.6 Å². The maximum Gasteiger partial charge on any atom is 0.254 e. The first-order valence-corrected chi connectivity index (χ1v) is 17.8. The van der Waals surface area contributed by atoms with E-state index in [0.29, 0.717) is 39.4 Å². The van der Waals surface area contributed by atoms with Crippen molar-refractivity contribution in [2.45, 2.75) is 22.6 Å². The van der Waals surface area contributed by atoms with Crippen LogP contribution in [0.1, 0.15) is 18.4 Å². The molecular weight excluding hydrogens is 749 g/mol. The number of imide groups is 2. The number of carbonyl (C=O) groups is 4. The molecule has 0 unspecified atom stereocenters. The minimum absolute atomic E-state index is 0.0451. The van der Waals surface area contributed by atoms with E-state index in [9.17, 15) is 24.3 Å². The summed E-state index contributed by atoms with van der Waals surface area (Å²) in [5.41, 5.74) is 3.63. The molecule has 3 heterocycles. The largest absolute Gasteiger partial charge is 0.504 e. The van der Waals surface area contributed by atoms with Crippen LogP contribution in [0.3, 0.4) is 0 Å². The predicted octanol–water partition coefficient (Wildman–Crippen LogP) is 6.67. The normalized spacial score (nSPS) is 29.1. The molecule has 3 fully saturated rings. The first kappa shape index (κ1) is 32.7. The zero-order chi connectivity index (χ0) is 35.1. The van der Waals surface area contributed by atoms with Gasteiger partial charge in [-0.25, -0.2) is 4.98 Å². The number of rotatable bonds is 6. The van der Waals surface area contributed by atoms with Gasteiger partial charge in [0.1, 0.15) is 5.52 Å². The Labute approximate surface area is 304 Å². The second kappa shape index (κ2) is 11.8. The standard InChI is InChI=1S/C37H28BrCl2N3O7/c1-49-29-16-19(7-15-27(29)44)6-14-25-22-12-13-23-30(24(22)17-36(39)34(47)42(18-38)35(48)37(25,36)40)33(46)43(32(23)45)21-10-8-20(9-11-21)31-41-26-4-2-3-5-28(26)50-31/h2-12,14-16,23-25,30,44H,13,17-18H2,1H3/t23-,24+,25-,30-,36+,37-/m0/s1. The molecule has 50 heavy (non-hydrogen) atoms. The van der Waals surface area contributed by atoms with E-state index >= 15 is 0 Å². The fourth-order valence-corrected chi connectivity index (χ4v) is 9.39. The Morgan fingerprint density at radius 2 is 1.78 bits per heavy atom. The van der Waals surface area contributed by atoms with Crippen LogP contribution in [0.2, 0.25) is 0 Å². The number of oxazole rings is 1. The van der Waals surface area contributed by atoms with E-state index in [0.717, 1.165) is 4.90 Å². The van der Waals surface area contributed by atoms with Gasteiger partial charge in [0.05, 0.1) is 30.1 Å². The first-order valence-electron chi connectivity index (χ1n) is 15.9. The van der Waals surface area contributed by atoms with E-state index in [-0.39, 0.29) is 35.7 Å². The Balaban J connectivity index is 1.16. The summed E-state index contributed by atoms with van der Waals surface area (Å²) >= 11 is 17.8. The molecule has 0 spiro atoms. The third kappa shape index (κ3) is 4.56. The van der Waals surface area contributed by atoms with Crippen LogP contribution in [0, 0.1) is 23.7 Å². The number of nitrogens with zero attached hydrogens (tertiary/aromatic N) is 3. The molecule has 4 aliphatic rings. The summed E-state index contributed by atoms with van der Waals surface area (Å²) in [6.45, 7) is 0. The summed E-state index contributed by atoms with van der Waals surface area (Å²) in [7, 11) is 1.43. The number of methoxy groups -OCH3 is 1. The highest BCUT2D eigenvalue weighted by atomic mass is 79.9. The van der Waals surface area contributed by atoms with E-state index in [1.54, 1.807) is 48.6 Å². The van der Waals surface area contributed by atoms with Crippen LogP contribution in [0.5, 0.6) is 11.5 Å². The van der Waals surface area contributed by atoms with E-state index in [2.05, 4.69) is 20.9 Å². The number of hydrogen-bond acceptors (Lipinski definition) is 8. The molecule has 2 aliphatic carbocycles. The maximum atomic E-state index is 14.4. The predicted molar refractivity (Wildman–Crippen MR) is 190 cm³/mol. The van der Waals surface area contributed by atoms with Crippen molar-refractivity contribution >= 4 is 85.6 Å². The number of alkyl halides is 3. The molecule has 0 bridgehead atoms. The number of likely N-dealkylation sites (tertiary alicyclic amines) is 1. The Bertz CT molecular complexity index is 2150. The number of hydrogen-bond donors (Lipinski definition) is 1. The number of benzene rings is 3. The third-order valence-electron chi connectivity index (χ3n) is 10.4. The second-order valence-corrected chi connectivity index (χ2v) is 14.6. The van der Waals surface area contributed by atoms with Crippen molar-refractivity contribution in [3.05, 3.63) is 90.0 Å². The lowest BCUT2D eigenvalue weighted by atomic mass is 9.57. The minimum Gasteiger partial charge on any atom is -0.504 e. The van der Waals surface area contributed by atoms with E-state index in [1.165, 1.54) is 18.1 Å². The molecule has 3 aromatic carbocycles. The van der Waals surface area contributed by atoms with Gasteiger partial charge in [-0.3, -0.25) is 29.0 Å². The van der Waals surface area contributed by atoms with Crippen molar-refractivity contribution in [1.82, 2.24) is 9.88 Å². The lowest BCUT2D eigenvalue weighted by Gasteiger charge is -2.49. The molecule has 254 valence electrons. The van der Waals surface area contributed by atoms with Crippen LogP contribution in [-0.2, 0) is 19.2 Å². The van der Waals surface area contributed by atoms with Crippen LogP contribution < -0.4 is 9.64 Å². The molecule has 13 heteroatoms. The van der Waals surface area contributed by atoms with Gasteiger partial charge >= 0.3 is 0 Å². The molecule has 8 rings (SSSR count). The fourth-order valence-electron chi connectivity index (χ4n) is 8.01. The number of halogens is 3. The summed E-state index contributed by atoms with van der Waals surface area (Å²) in [5, 5.41) is 10.1. The van der Waals surface area contributed by atoms with Gasteiger partial charge in [-0.15, -0.1) is 23.2 Å². The molecule has 1 saturated carbocycles. The van der Waals surface area contributed by atoms with Crippen molar-refractivity contribution in [2.24, 2.45) is 23.7 Å². The van der Waals surface area contributed by atoms with Crippen molar-refractivity contribution in [2.75, 3.05) is 17.5 Å². The number of aromatic hydroxyl groups is 1. The smallest absolute Gasteiger partial charge is 0.254 e. The Morgan fingerprint density at radius 1 is 1.02 bits per heavy atom. The number of allylic oxidation sites excluding steroid dienone is 3. The highest BCUT2D eigenvalue weighted by Gasteiger charge is 2.75. The lowest BCUT2D eigenvalue weighted by Crippen LogP contribution is -2.60. The molecule has 2 saturated heterocycles. The van der Waals surface area contributed by atoms with Crippen LogP contribution in [0.15, 0.2) is 88.9 Å². The van der Waals surface area contributed by atoms with Gasteiger partial charge in [0.2, 0.25) is 17.7 Å². The molecule has 4 aromatic rings. The molecule has 10 nitrogen and oxygen atoms in total. The lowest BCUT2D eigenvalue weighted by molar-refractivity contribution is -0.138. The third-order valence-corrected chi connectivity index (χ3v) is 12.4. The minimum atomic E-state index is -1.90.